The fraction of sp³-hybridized carbons (Fsp3) is 0.136. The summed E-state index contributed by atoms with van der Waals surface area (Å²) < 4.78 is 24.6. The Bertz CT molecular complexity index is 918. The highest BCUT2D eigenvalue weighted by molar-refractivity contribution is 7.56. The summed E-state index contributed by atoms with van der Waals surface area (Å²) in [5, 5.41) is -2.03. The van der Waals surface area contributed by atoms with Crippen molar-refractivity contribution in [3.63, 3.8) is 0 Å². The first-order valence-electron chi connectivity index (χ1n) is 8.88. The van der Waals surface area contributed by atoms with Crippen molar-refractivity contribution in [3.8, 4) is 5.75 Å². The standard InChI is InChI=1S/C22H21O5P/c1-2-26-21(23)22(18-12-6-3-7-13-18,19-14-8-4-9-15-19)28(24,25)27-20-16-10-5-11-17-20/h3-17H,2H2,1H3,(H,24,25). The van der Waals surface area contributed by atoms with Crippen LogP contribution in [0.5, 0.6) is 5.75 Å². The second-order valence-corrected chi connectivity index (χ2v) is 7.98. The zero-order chi connectivity index (χ0) is 20.0. The SMILES string of the molecule is CCOC(=O)C(c1ccccc1)(c1ccccc1)P(=O)(O)Oc1ccccc1. The van der Waals surface area contributed by atoms with E-state index in [1.807, 2.05) is 0 Å². The topological polar surface area (TPSA) is 72.8 Å². The summed E-state index contributed by atoms with van der Waals surface area (Å²) in [5.74, 6) is -0.650. The van der Waals surface area contributed by atoms with Crippen LogP contribution in [-0.4, -0.2) is 17.5 Å². The molecular weight excluding hydrogens is 375 g/mol. The molecule has 0 spiro atoms. The lowest BCUT2D eigenvalue weighted by molar-refractivity contribution is -0.145. The zero-order valence-corrected chi connectivity index (χ0v) is 16.3. The Morgan fingerprint density at radius 3 is 1.71 bits per heavy atom. The summed E-state index contributed by atoms with van der Waals surface area (Å²) in [6.07, 6.45) is 0. The average Bonchev–Trinajstić information content (AvgIpc) is 2.70. The van der Waals surface area contributed by atoms with Gasteiger partial charge in [0.2, 0.25) is 5.16 Å². The highest BCUT2D eigenvalue weighted by Crippen LogP contribution is 2.64. The predicted octanol–water partition coefficient (Wildman–Crippen LogP) is 4.76. The Morgan fingerprint density at radius 2 is 1.29 bits per heavy atom. The summed E-state index contributed by atoms with van der Waals surface area (Å²) >= 11 is 0. The van der Waals surface area contributed by atoms with Gasteiger partial charge in [-0.2, -0.15) is 0 Å². The van der Waals surface area contributed by atoms with Gasteiger partial charge < -0.3 is 14.2 Å². The highest BCUT2D eigenvalue weighted by Gasteiger charge is 2.60. The normalized spacial score (nSPS) is 13.4. The van der Waals surface area contributed by atoms with Gasteiger partial charge in [-0.3, -0.25) is 0 Å². The van der Waals surface area contributed by atoms with E-state index in [0.717, 1.165) is 0 Å². The molecule has 0 aliphatic rings. The van der Waals surface area contributed by atoms with E-state index in [2.05, 4.69) is 0 Å². The van der Waals surface area contributed by atoms with Crippen molar-refractivity contribution >= 4 is 13.6 Å². The molecule has 0 aliphatic carbocycles. The van der Waals surface area contributed by atoms with Crippen molar-refractivity contribution in [3.05, 3.63) is 102 Å². The van der Waals surface area contributed by atoms with Crippen molar-refractivity contribution in [1.29, 1.82) is 0 Å². The molecular formula is C22H21O5P. The molecule has 1 atom stereocenters. The fourth-order valence-electron chi connectivity index (χ4n) is 3.13. The van der Waals surface area contributed by atoms with Crippen molar-refractivity contribution in [1.82, 2.24) is 0 Å². The van der Waals surface area contributed by atoms with Crippen LogP contribution in [0.4, 0.5) is 0 Å². The number of carbonyl (C=O) groups excluding carboxylic acids is 1. The van der Waals surface area contributed by atoms with Gasteiger partial charge in [-0.05, 0) is 30.2 Å². The summed E-state index contributed by atoms with van der Waals surface area (Å²) in [5.41, 5.74) is 0.642. The lowest BCUT2D eigenvalue weighted by Crippen LogP contribution is -2.40. The van der Waals surface area contributed by atoms with Crippen LogP contribution in [0.1, 0.15) is 18.1 Å². The van der Waals surface area contributed by atoms with Gasteiger partial charge in [-0.1, -0.05) is 78.9 Å². The van der Waals surface area contributed by atoms with E-state index in [0.29, 0.717) is 11.1 Å². The monoisotopic (exact) mass is 396 g/mol. The number of carbonyl (C=O) groups is 1. The Morgan fingerprint density at radius 1 is 0.857 bits per heavy atom. The summed E-state index contributed by atoms with van der Waals surface area (Å²) in [6.45, 7) is 1.71. The molecule has 0 bridgehead atoms. The molecule has 0 aromatic heterocycles. The van der Waals surface area contributed by atoms with Crippen molar-refractivity contribution in [2.24, 2.45) is 0 Å². The molecule has 3 aromatic carbocycles. The number of ether oxygens (including phenoxy) is 1. The molecule has 0 aliphatic heterocycles. The fourth-order valence-corrected chi connectivity index (χ4v) is 4.92. The second-order valence-electron chi connectivity index (χ2n) is 6.09. The first-order chi connectivity index (χ1) is 13.5. The lowest BCUT2D eigenvalue weighted by atomic mass is 9.90. The summed E-state index contributed by atoms with van der Waals surface area (Å²) in [4.78, 5) is 24.5. The van der Waals surface area contributed by atoms with Crippen molar-refractivity contribution in [2.75, 3.05) is 6.61 Å². The van der Waals surface area contributed by atoms with Crippen LogP contribution in [0.15, 0.2) is 91.0 Å². The molecule has 6 heteroatoms. The zero-order valence-electron chi connectivity index (χ0n) is 15.4. The first-order valence-corrected chi connectivity index (χ1v) is 10.5. The number of rotatable bonds is 7. The molecule has 0 fully saturated rings. The van der Waals surface area contributed by atoms with Crippen LogP contribution in [0.25, 0.3) is 0 Å². The maximum Gasteiger partial charge on any atom is 0.402 e. The minimum atomic E-state index is -4.66. The van der Waals surface area contributed by atoms with Crippen molar-refractivity contribution in [2.45, 2.75) is 12.1 Å². The Hall–Kier alpha value is -2.88. The van der Waals surface area contributed by atoms with Crippen LogP contribution in [0.3, 0.4) is 0 Å². The maximum absolute atomic E-state index is 13.8. The molecule has 1 N–H and O–H groups in total. The third-order valence-electron chi connectivity index (χ3n) is 4.35. The number of benzene rings is 3. The van der Waals surface area contributed by atoms with E-state index in [1.54, 1.807) is 97.9 Å². The molecule has 0 amide bonds. The van der Waals surface area contributed by atoms with Gasteiger partial charge in [-0.25, -0.2) is 9.36 Å². The van der Waals surface area contributed by atoms with E-state index in [4.69, 9.17) is 9.26 Å². The summed E-state index contributed by atoms with van der Waals surface area (Å²) in [7, 11) is -4.66. The number of esters is 1. The molecule has 0 saturated carbocycles. The molecule has 0 heterocycles. The lowest BCUT2D eigenvalue weighted by Gasteiger charge is -2.35. The van der Waals surface area contributed by atoms with Gasteiger partial charge in [0.25, 0.3) is 0 Å². The maximum atomic E-state index is 13.8. The van der Waals surface area contributed by atoms with Gasteiger partial charge in [-0.15, -0.1) is 0 Å². The van der Waals surface area contributed by atoms with E-state index in [9.17, 15) is 14.3 Å². The highest BCUT2D eigenvalue weighted by atomic mass is 31.2. The van der Waals surface area contributed by atoms with Crippen LogP contribution in [0.2, 0.25) is 0 Å². The van der Waals surface area contributed by atoms with Crippen molar-refractivity contribution < 1.29 is 23.5 Å². The third-order valence-corrected chi connectivity index (χ3v) is 6.36. The first kappa shape index (κ1) is 19.9. The van der Waals surface area contributed by atoms with Gasteiger partial charge >= 0.3 is 13.6 Å². The van der Waals surface area contributed by atoms with Gasteiger partial charge in [0.05, 0.1) is 6.61 Å². The van der Waals surface area contributed by atoms with E-state index >= 15 is 0 Å². The van der Waals surface area contributed by atoms with Crippen LogP contribution >= 0.6 is 7.60 Å². The molecule has 28 heavy (non-hydrogen) atoms. The largest absolute Gasteiger partial charge is 0.465 e. The summed E-state index contributed by atoms with van der Waals surface area (Å²) in [6, 6.07) is 25.1. The second kappa shape index (κ2) is 8.42. The minimum absolute atomic E-state index is 0.0611. The van der Waals surface area contributed by atoms with Crippen LogP contribution < -0.4 is 4.52 Å². The molecule has 3 rings (SSSR count). The molecule has 144 valence electrons. The smallest absolute Gasteiger partial charge is 0.402 e. The van der Waals surface area contributed by atoms with Crippen LogP contribution in [-0.2, 0) is 19.3 Å². The number of hydrogen-bond acceptors (Lipinski definition) is 4. The number of para-hydroxylation sites is 1. The van der Waals surface area contributed by atoms with Gasteiger partial charge in [0.15, 0.2) is 0 Å². The number of hydrogen-bond donors (Lipinski definition) is 1. The minimum Gasteiger partial charge on any atom is -0.465 e. The molecule has 3 aromatic rings. The Labute approximate surface area is 164 Å². The third kappa shape index (κ3) is 3.59. The molecule has 0 radical (unpaired) electrons. The average molecular weight is 396 g/mol. The molecule has 5 nitrogen and oxygen atoms in total. The van der Waals surface area contributed by atoms with E-state index < -0.39 is 18.7 Å². The van der Waals surface area contributed by atoms with E-state index in [-0.39, 0.29) is 12.4 Å². The Kier molecular flexibility index (Phi) is 5.98. The van der Waals surface area contributed by atoms with Crippen LogP contribution in [0, 0.1) is 0 Å². The Balaban J connectivity index is 2.28. The molecule has 0 saturated heterocycles. The quantitative estimate of drug-likeness (QED) is 0.461. The molecule has 1 unspecified atom stereocenters. The van der Waals surface area contributed by atoms with Gasteiger partial charge in [0, 0.05) is 0 Å². The van der Waals surface area contributed by atoms with Gasteiger partial charge in [0.1, 0.15) is 5.75 Å². The van der Waals surface area contributed by atoms with E-state index in [1.165, 1.54) is 0 Å². The predicted molar refractivity (Wildman–Crippen MR) is 107 cm³/mol.